The second-order valence-electron chi connectivity index (χ2n) is 3.06. The third-order valence-electron chi connectivity index (χ3n) is 2.01. The van der Waals surface area contributed by atoms with Crippen LogP contribution < -0.4 is 5.73 Å². The van der Waals surface area contributed by atoms with Crippen molar-refractivity contribution in [1.82, 2.24) is 4.98 Å². The van der Waals surface area contributed by atoms with Gasteiger partial charge in [-0.25, -0.2) is 9.37 Å². The van der Waals surface area contributed by atoms with Gasteiger partial charge in [-0.1, -0.05) is 17.7 Å². The van der Waals surface area contributed by atoms with Crippen molar-refractivity contribution >= 4 is 28.8 Å². The van der Waals surface area contributed by atoms with Gasteiger partial charge in [-0.3, -0.25) is 0 Å². The van der Waals surface area contributed by atoms with Gasteiger partial charge in [-0.15, -0.1) is 11.3 Å². The molecular formula is C10H8ClFN2S. The SMILES string of the molecule is Cc1sc(-c2cccc(Cl)c2F)nc1N. The van der Waals surface area contributed by atoms with Gasteiger partial charge in [0.05, 0.1) is 5.02 Å². The Morgan fingerprint density at radius 3 is 2.80 bits per heavy atom. The molecule has 0 radical (unpaired) electrons. The molecule has 0 unspecified atom stereocenters. The smallest absolute Gasteiger partial charge is 0.152 e. The minimum atomic E-state index is -0.451. The molecule has 0 fully saturated rings. The van der Waals surface area contributed by atoms with E-state index >= 15 is 0 Å². The van der Waals surface area contributed by atoms with E-state index in [-0.39, 0.29) is 5.02 Å². The van der Waals surface area contributed by atoms with E-state index in [2.05, 4.69) is 4.98 Å². The maximum atomic E-state index is 13.6. The van der Waals surface area contributed by atoms with Gasteiger partial charge in [0, 0.05) is 10.4 Å². The minimum Gasteiger partial charge on any atom is -0.383 e. The summed E-state index contributed by atoms with van der Waals surface area (Å²) in [4.78, 5) is 4.96. The molecule has 0 amide bonds. The Hall–Kier alpha value is -1.13. The normalized spacial score (nSPS) is 10.6. The lowest BCUT2D eigenvalue weighted by atomic mass is 10.2. The lowest BCUT2D eigenvalue weighted by Crippen LogP contribution is -1.88. The van der Waals surface area contributed by atoms with E-state index < -0.39 is 5.82 Å². The maximum Gasteiger partial charge on any atom is 0.152 e. The van der Waals surface area contributed by atoms with Crippen LogP contribution in [0.5, 0.6) is 0 Å². The zero-order valence-electron chi connectivity index (χ0n) is 7.92. The topological polar surface area (TPSA) is 38.9 Å². The molecule has 1 heterocycles. The molecule has 1 aromatic heterocycles. The number of nitrogens with two attached hydrogens (primary N) is 1. The fourth-order valence-electron chi connectivity index (χ4n) is 1.19. The van der Waals surface area contributed by atoms with E-state index in [1.807, 2.05) is 6.92 Å². The molecule has 0 saturated heterocycles. The molecule has 1 aromatic carbocycles. The van der Waals surface area contributed by atoms with Gasteiger partial charge in [-0.05, 0) is 19.1 Å². The highest BCUT2D eigenvalue weighted by Crippen LogP contribution is 2.32. The van der Waals surface area contributed by atoms with Crippen LogP contribution in [0.2, 0.25) is 5.02 Å². The van der Waals surface area contributed by atoms with E-state index in [9.17, 15) is 4.39 Å². The molecule has 5 heteroatoms. The number of anilines is 1. The summed E-state index contributed by atoms with van der Waals surface area (Å²) in [5.41, 5.74) is 6.01. The third kappa shape index (κ3) is 1.82. The number of benzene rings is 1. The first kappa shape index (κ1) is 10.4. The molecule has 2 rings (SSSR count). The first-order valence-corrected chi connectivity index (χ1v) is 5.46. The van der Waals surface area contributed by atoms with E-state index in [0.717, 1.165) is 4.88 Å². The fraction of sp³-hybridized carbons (Fsp3) is 0.100. The number of rotatable bonds is 1. The van der Waals surface area contributed by atoms with Crippen molar-refractivity contribution in [2.24, 2.45) is 0 Å². The quantitative estimate of drug-likeness (QED) is 0.831. The highest BCUT2D eigenvalue weighted by atomic mass is 35.5. The number of halogens is 2. The van der Waals surface area contributed by atoms with Gasteiger partial charge in [0.25, 0.3) is 0 Å². The summed E-state index contributed by atoms with van der Waals surface area (Å²) in [6, 6.07) is 4.83. The third-order valence-corrected chi connectivity index (χ3v) is 3.33. The predicted molar refractivity (Wildman–Crippen MR) is 61.7 cm³/mol. The average Bonchev–Trinajstić information content (AvgIpc) is 2.51. The van der Waals surface area contributed by atoms with Crippen LogP contribution in [0, 0.1) is 12.7 Å². The standard InChI is InChI=1S/C10H8ClFN2S/c1-5-9(13)14-10(15-5)6-3-2-4-7(11)8(6)12/h2-4H,13H2,1H3. The highest BCUT2D eigenvalue weighted by Gasteiger charge is 2.13. The zero-order valence-corrected chi connectivity index (χ0v) is 9.49. The van der Waals surface area contributed by atoms with E-state index in [1.165, 1.54) is 17.4 Å². The second-order valence-corrected chi connectivity index (χ2v) is 4.67. The van der Waals surface area contributed by atoms with Crippen LogP contribution in [0.3, 0.4) is 0 Å². The molecule has 2 aromatic rings. The summed E-state index contributed by atoms with van der Waals surface area (Å²) in [5.74, 6) is -0.0118. The molecule has 0 saturated carbocycles. The second kappa shape index (κ2) is 3.79. The van der Waals surface area contributed by atoms with Crippen LogP contribution in [0.4, 0.5) is 10.2 Å². The van der Waals surface area contributed by atoms with Gasteiger partial charge in [0.1, 0.15) is 10.8 Å². The molecule has 0 atom stereocenters. The number of hydrogen-bond acceptors (Lipinski definition) is 3. The van der Waals surface area contributed by atoms with E-state index in [0.29, 0.717) is 16.4 Å². The van der Waals surface area contributed by atoms with Crippen LogP contribution in [0.25, 0.3) is 10.6 Å². The Balaban J connectivity index is 2.59. The predicted octanol–water partition coefficient (Wildman–Crippen LogP) is 3.49. The number of aromatic nitrogens is 1. The van der Waals surface area contributed by atoms with Crippen LogP contribution >= 0.6 is 22.9 Å². The Labute approximate surface area is 95.5 Å². The van der Waals surface area contributed by atoms with E-state index in [1.54, 1.807) is 12.1 Å². The van der Waals surface area contributed by atoms with Crippen LogP contribution in [0.1, 0.15) is 4.88 Å². The molecule has 2 nitrogen and oxygen atoms in total. The van der Waals surface area contributed by atoms with Crippen LogP contribution in [-0.4, -0.2) is 4.98 Å². The number of nitrogens with zero attached hydrogens (tertiary/aromatic N) is 1. The van der Waals surface area contributed by atoms with Crippen molar-refractivity contribution in [3.05, 3.63) is 33.9 Å². The molecule has 15 heavy (non-hydrogen) atoms. The molecule has 0 aliphatic rings. The fourth-order valence-corrected chi connectivity index (χ4v) is 2.22. The van der Waals surface area contributed by atoms with Gasteiger partial charge >= 0.3 is 0 Å². The molecule has 0 spiro atoms. The number of hydrogen-bond donors (Lipinski definition) is 1. The Bertz CT molecular complexity index is 491. The van der Waals surface area contributed by atoms with Crippen molar-refractivity contribution in [2.45, 2.75) is 6.92 Å². The van der Waals surface area contributed by atoms with Crippen molar-refractivity contribution < 1.29 is 4.39 Å². The van der Waals surface area contributed by atoms with Crippen molar-refractivity contribution in [2.75, 3.05) is 5.73 Å². The highest BCUT2D eigenvalue weighted by molar-refractivity contribution is 7.15. The van der Waals surface area contributed by atoms with E-state index in [4.69, 9.17) is 17.3 Å². The number of nitrogen functional groups attached to an aromatic ring is 1. The first-order valence-electron chi connectivity index (χ1n) is 4.27. The Morgan fingerprint density at radius 1 is 1.47 bits per heavy atom. The van der Waals surface area contributed by atoms with Crippen LogP contribution in [0.15, 0.2) is 18.2 Å². The summed E-state index contributed by atoms with van der Waals surface area (Å²) in [5, 5.41) is 0.656. The van der Waals surface area contributed by atoms with Crippen molar-refractivity contribution in [3.63, 3.8) is 0 Å². The monoisotopic (exact) mass is 242 g/mol. The summed E-state index contributed by atoms with van der Waals surface area (Å²) >= 11 is 7.04. The van der Waals surface area contributed by atoms with Crippen LogP contribution in [-0.2, 0) is 0 Å². The van der Waals surface area contributed by atoms with Gasteiger partial charge < -0.3 is 5.73 Å². The summed E-state index contributed by atoms with van der Waals surface area (Å²) in [6.45, 7) is 1.85. The largest absolute Gasteiger partial charge is 0.383 e. The summed E-state index contributed by atoms with van der Waals surface area (Å²) in [6.07, 6.45) is 0. The first-order chi connectivity index (χ1) is 7.09. The molecule has 0 aliphatic carbocycles. The Kier molecular flexibility index (Phi) is 2.63. The molecule has 2 N–H and O–H groups in total. The maximum absolute atomic E-state index is 13.6. The minimum absolute atomic E-state index is 0.0962. The summed E-state index contributed by atoms with van der Waals surface area (Å²) in [7, 11) is 0. The average molecular weight is 243 g/mol. The van der Waals surface area contributed by atoms with Gasteiger partial charge in [0.2, 0.25) is 0 Å². The van der Waals surface area contributed by atoms with Gasteiger partial charge in [0.15, 0.2) is 5.82 Å². The van der Waals surface area contributed by atoms with Crippen molar-refractivity contribution in [3.8, 4) is 10.6 Å². The van der Waals surface area contributed by atoms with Gasteiger partial charge in [-0.2, -0.15) is 0 Å². The lowest BCUT2D eigenvalue weighted by molar-refractivity contribution is 0.631. The van der Waals surface area contributed by atoms with Crippen molar-refractivity contribution in [1.29, 1.82) is 0 Å². The molecule has 0 bridgehead atoms. The molecule has 0 aliphatic heterocycles. The Morgan fingerprint density at radius 2 is 2.20 bits per heavy atom. The summed E-state index contributed by atoms with van der Waals surface area (Å²) < 4.78 is 13.6. The number of thiazole rings is 1. The molecular weight excluding hydrogens is 235 g/mol. The number of aryl methyl sites for hydroxylation is 1. The lowest BCUT2D eigenvalue weighted by Gasteiger charge is -1.99. The molecule has 78 valence electrons. The zero-order chi connectivity index (χ0) is 11.0.